The fourth-order valence-electron chi connectivity index (χ4n) is 3.96. The third-order valence-corrected chi connectivity index (χ3v) is 5.60. The summed E-state index contributed by atoms with van der Waals surface area (Å²) in [5.74, 6) is 1.84. The van der Waals surface area contributed by atoms with Gasteiger partial charge in [-0.2, -0.15) is 0 Å². The average Bonchev–Trinajstić information content (AvgIpc) is 3.16. The Bertz CT molecular complexity index is 862. The van der Waals surface area contributed by atoms with Gasteiger partial charge in [-0.1, -0.05) is 0 Å². The Hall–Kier alpha value is -2.32. The SMILES string of the molecule is Cl.O=C(CCC(=O)N1CCC(c2nnc3n2CCNC3)CC1)c1ccc(F)cc1. The second-order valence-corrected chi connectivity index (χ2v) is 7.39. The van der Waals surface area contributed by atoms with Crippen molar-refractivity contribution in [2.24, 2.45) is 0 Å². The highest BCUT2D eigenvalue weighted by Crippen LogP contribution is 2.28. The summed E-state index contributed by atoms with van der Waals surface area (Å²) in [6.45, 7) is 3.93. The predicted molar refractivity (Wildman–Crippen MR) is 107 cm³/mol. The molecule has 4 rings (SSSR count). The molecular formula is C20H25ClFN5O2. The van der Waals surface area contributed by atoms with Crippen LogP contribution in [-0.2, 0) is 17.9 Å². The lowest BCUT2D eigenvalue weighted by molar-refractivity contribution is -0.132. The molecule has 2 aliphatic heterocycles. The largest absolute Gasteiger partial charge is 0.343 e. The maximum absolute atomic E-state index is 12.9. The van der Waals surface area contributed by atoms with Crippen LogP contribution in [0.15, 0.2) is 24.3 Å². The molecule has 0 saturated carbocycles. The average molecular weight is 422 g/mol. The number of benzene rings is 1. The van der Waals surface area contributed by atoms with Gasteiger partial charge in [-0.05, 0) is 37.1 Å². The number of carbonyl (C=O) groups is 2. The molecule has 1 aromatic carbocycles. The van der Waals surface area contributed by atoms with Crippen LogP contribution < -0.4 is 5.32 Å². The van der Waals surface area contributed by atoms with Gasteiger partial charge in [-0.15, -0.1) is 22.6 Å². The number of likely N-dealkylation sites (tertiary alicyclic amines) is 1. The first kappa shape index (κ1) is 21.4. The van der Waals surface area contributed by atoms with Crippen LogP contribution in [0.2, 0.25) is 0 Å². The van der Waals surface area contributed by atoms with Gasteiger partial charge in [-0.3, -0.25) is 9.59 Å². The number of ketones is 1. The molecule has 156 valence electrons. The second kappa shape index (κ2) is 9.45. The van der Waals surface area contributed by atoms with E-state index in [-0.39, 0.29) is 42.8 Å². The number of halogens is 2. The van der Waals surface area contributed by atoms with Crippen molar-refractivity contribution in [3.8, 4) is 0 Å². The number of aromatic nitrogens is 3. The fraction of sp³-hybridized carbons (Fsp3) is 0.500. The lowest BCUT2D eigenvalue weighted by Gasteiger charge is -2.32. The van der Waals surface area contributed by atoms with Gasteiger partial charge in [0.1, 0.15) is 17.5 Å². The number of amides is 1. The summed E-state index contributed by atoms with van der Waals surface area (Å²) < 4.78 is 15.2. The van der Waals surface area contributed by atoms with Crippen molar-refractivity contribution in [3.05, 3.63) is 47.3 Å². The minimum Gasteiger partial charge on any atom is -0.343 e. The molecule has 7 nitrogen and oxygen atoms in total. The monoisotopic (exact) mass is 421 g/mol. The van der Waals surface area contributed by atoms with E-state index >= 15 is 0 Å². The van der Waals surface area contributed by atoms with E-state index in [0.29, 0.717) is 24.6 Å². The molecule has 0 unspecified atom stereocenters. The van der Waals surface area contributed by atoms with Gasteiger partial charge in [0.25, 0.3) is 0 Å². The third-order valence-electron chi connectivity index (χ3n) is 5.60. The van der Waals surface area contributed by atoms with Gasteiger partial charge in [-0.25, -0.2) is 4.39 Å². The summed E-state index contributed by atoms with van der Waals surface area (Å²) in [5, 5.41) is 12.0. The first-order valence-electron chi connectivity index (χ1n) is 9.81. The van der Waals surface area contributed by atoms with E-state index in [9.17, 15) is 14.0 Å². The zero-order valence-corrected chi connectivity index (χ0v) is 17.0. The van der Waals surface area contributed by atoms with Crippen molar-refractivity contribution < 1.29 is 14.0 Å². The Morgan fingerprint density at radius 3 is 2.52 bits per heavy atom. The van der Waals surface area contributed by atoms with E-state index in [4.69, 9.17) is 0 Å². The molecular weight excluding hydrogens is 397 g/mol. The van der Waals surface area contributed by atoms with Gasteiger partial charge in [0.2, 0.25) is 5.91 Å². The van der Waals surface area contributed by atoms with E-state index in [2.05, 4.69) is 20.1 Å². The molecule has 1 aromatic heterocycles. The Morgan fingerprint density at radius 1 is 1.07 bits per heavy atom. The number of hydrogen-bond donors (Lipinski definition) is 1. The van der Waals surface area contributed by atoms with Gasteiger partial charge >= 0.3 is 0 Å². The molecule has 0 aliphatic carbocycles. The number of piperidine rings is 1. The second-order valence-electron chi connectivity index (χ2n) is 7.39. The number of hydrogen-bond acceptors (Lipinski definition) is 5. The van der Waals surface area contributed by atoms with E-state index in [1.165, 1.54) is 24.3 Å². The summed E-state index contributed by atoms with van der Waals surface area (Å²) in [6.07, 6.45) is 2.06. The van der Waals surface area contributed by atoms with Gasteiger partial charge in [0.15, 0.2) is 5.78 Å². The third kappa shape index (κ3) is 4.82. The van der Waals surface area contributed by atoms with Crippen molar-refractivity contribution in [3.63, 3.8) is 0 Å². The number of nitrogens with one attached hydrogen (secondary N) is 1. The standard InChI is InChI=1S/C20H24FN5O2.ClH/c21-16-3-1-14(2-4-16)17(27)5-6-19(28)25-10-7-15(8-11-25)20-24-23-18-13-22-9-12-26(18)20;/h1-4,15,22H,5-13H2;1H. The van der Waals surface area contributed by atoms with Crippen molar-refractivity contribution in [2.75, 3.05) is 19.6 Å². The van der Waals surface area contributed by atoms with Crippen LogP contribution in [0.5, 0.6) is 0 Å². The Labute approximate surface area is 175 Å². The zero-order valence-electron chi connectivity index (χ0n) is 16.1. The molecule has 2 aromatic rings. The van der Waals surface area contributed by atoms with Crippen molar-refractivity contribution in [1.29, 1.82) is 0 Å². The lowest BCUT2D eigenvalue weighted by atomic mass is 9.95. The number of fused-ring (bicyclic) bond motifs is 1. The Kier molecular flexibility index (Phi) is 6.97. The minimum atomic E-state index is -0.374. The first-order valence-corrected chi connectivity index (χ1v) is 9.81. The van der Waals surface area contributed by atoms with Crippen LogP contribution in [0.1, 0.15) is 53.6 Å². The van der Waals surface area contributed by atoms with Crippen LogP contribution in [0.25, 0.3) is 0 Å². The molecule has 0 atom stereocenters. The summed E-state index contributed by atoms with van der Waals surface area (Å²) in [4.78, 5) is 26.5. The van der Waals surface area contributed by atoms with Gasteiger partial charge in [0.05, 0.1) is 6.54 Å². The van der Waals surface area contributed by atoms with Crippen LogP contribution in [0.3, 0.4) is 0 Å². The summed E-state index contributed by atoms with van der Waals surface area (Å²) in [7, 11) is 0. The smallest absolute Gasteiger partial charge is 0.223 e. The Balaban J connectivity index is 0.00000240. The van der Waals surface area contributed by atoms with E-state index in [1.54, 1.807) is 0 Å². The summed E-state index contributed by atoms with van der Waals surface area (Å²) >= 11 is 0. The van der Waals surface area contributed by atoms with Crippen molar-refractivity contribution in [1.82, 2.24) is 25.0 Å². The van der Waals surface area contributed by atoms with Crippen molar-refractivity contribution >= 4 is 24.1 Å². The fourth-order valence-corrected chi connectivity index (χ4v) is 3.96. The molecule has 9 heteroatoms. The van der Waals surface area contributed by atoms with Crippen LogP contribution in [0, 0.1) is 5.82 Å². The molecule has 2 aliphatic rings. The van der Waals surface area contributed by atoms with Crippen LogP contribution >= 0.6 is 12.4 Å². The molecule has 0 spiro atoms. The molecule has 3 heterocycles. The number of rotatable bonds is 5. The minimum absolute atomic E-state index is 0. The molecule has 0 radical (unpaired) electrons. The van der Waals surface area contributed by atoms with Gasteiger partial charge < -0.3 is 14.8 Å². The molecule has 0 bridgehead atoms. The lowest BCUT2D eigenvalue weighted by Crippen LogP contribution is -2.39. The Morgan fingerprint density at radius 2 is 1.79 bits per heavy atom. The highest BCUT2D eigenvalue weighted by molar-refractivity contribution is 5.97. The molecule has 1 amide bonds. The summed E-state index contributed by atoms with van der Waals surface area (Å²) in [5.41, 5.74) is 0.443. The molecule has 1 N–H and O–H groups in total. The van der Waals surface area contributed by atoms with Crippen molar-refractivity contribution in [2.45, 2.75) is 44.7 Å². The summed E-state index contributed by atoms with van der Waals surface area (Å²) in [6, 6.07) is 5.45. The maximum Gasteiger partial charge on any atom is 0.223 e. The highest BCUT2D eigenvalue weighted by atomic mass is 35.5. The molecule has 1 fully saturated rings. The normalized spacial score (nSPS) is 16.8. The first-order chi connectivity index (χ1) is 13.6. The maximum atomic E-state index is 12.9. The van der Waals surface area contributed by atoms with Gasteiger partial charge in [0, 0.05) is 50.5 Å². The topological polar surface area (TPSA) is 80.1 Å². The molecule has 1 saturated heterocycles. The quantitative estimate of drug-likeness (QED) is 0.749. The number of Topliss-reactive ketones (excluding diaryl/α,β-unsaturated/α-hetero) is 1. The number of nitrogens with zero attached hydrogens (tertiary/aromatic N) is 4. The zero-order chi connectivity index (χ0) is 19.5. The predicted octanol–water partition coefficient (Wildman–Crippen LogP) is 2.31. The number of carbonyl (C=O) groups excluding carboxylic acids is 2. The van der Waals surface area contributed by atoms with E-state index in [1.807, 2.05) is 4.90 Å². The van der Waals surface area contributed by atoms with Crippen LogP contribution in [0.4, 0.5) is 4.39 Å². The highest BCUT2D eigenvalue weighted by Gasteiger charge is 2.28. The molecule has 29 heavy (non-hydrogen) atoms. The van der Waals surface area contributed by atoms with E-state index in [0.717, 1.165) is 44.1 Å². The van der Waals surface area contributed by atoms with Crippen LogP contribution in [-0.4, -0.2) is 51.0 Å². The van der Waals surface area contributed by atoms with E-state index < -0.39 is 0 Å².